The van der Waals surface area contributed by atoms with Crippen LogP contribution in [0.1, 0.15) is 56.2 Å². The second-order valence-electron chi connectivity index (χ2n) is 9.18. The van der Waals surface area contributed by atoms with E-state index in [2.05, 4.69) is 18.2 Å². The largest absolute Gasteiger partial charge is 0.496 e. The van der Waals surface area contributed by atoms with Crippen LogP contribution < -0.4 is 18.9 Å². The molecular weight excluding hydrogens is 466 g/mol. The predicted molar refractivity (Wildman–Crippen MR) is 147 cm³/mol. The number of para-hydroxylation sites is 1. The number of benzene rings is 3. The minimum Gasteiger partial charge on any atom is -0.496 e. The van der Waals surface area contributed by atoms with Gasteiger partial charge in [0.2, 0.25) is 5.91 Å². The molecule has 3 rings (SSSR count). The van der Waals surface area contributed by atoms with Crippen LogP contribution in [0.5, 0.6) is 23.0 Å². The fourth-order valence-electron chi connectivity index (χ4n) is 4.51. The first-order valence-corrected chi connectivity index (χ1v) is 12.8. The van der Waals surface area contributed by atoms with E-state index in [1.165, 1.54) is 0 Å². The maximum Gasteiger partial charge on any atom is 0.222 e. The van der Waals surface area contributed by atoms with Gasteiger partial charge in [0, 0.05) is 31.0 Å². The zero-order valence-electron chi connectivity index (χ0n) is 22.8. The number of rotatable bonds is 13. The first-order chi connectivity index (χ1) is 17.9. The van der Waals surface area contributed by atoms with Crippen LogP contribution in [-0.4, -0.2) is 44.8 Å². The second-order valence-corrected chi connectivity index (χ2v) is 9.18. The Morgan fingerprint density at radius 1 is 0.838 bits per heavy atom. The molecule has 0 spiro atoms. The molecule has 0 saturated carbocycles. The summed E-state index contributed by atoms with van der Waals surface area (Å²) in [6.07, 6.45) is 1.29. The van der Waals surface area contributed by atoms with Gasteiger partial charge in [-0.25, -0.2) is 0 Å². The number of carbonyl (C=O) groups excluding carboxylic acids is 1. The first-order valence-electron chi connectivity index (χ1n) is 12.8. The number of methoxy groups -OCH3 is 3. The molecule has 1 unspecified atom stereocenters. The Morgan fingerprint density at radius 2 is 1.51 bits per heavy atom. The molecular formula is C31H39NO5. The first kappa shape index (κ1) is 27.9. The fourth-order valence-corrected chi connectivity index (χ4v) is 4.51. The van der Waals surface area contributed by atoms with Crippen molar-refractivity contribution in [1.82, 2.24) is 4.90 Å². The van der Waals surface area contributed by atoms with Crippen LogP contribution in [0.2, 0.25) is 0 Å². The predicted octanol–water partition coefficient (Wildman–Crippen LogP) is 6.46. The summed E-state index contributed by atoms with van der Waals surface area (Å²) in [5.41, 5.74) is 3.23. The van der Waals surface area contributed by atoms with Crippen LogP contribution in [0.25, 0.3) is 0 Å². The minimum atomic E-state index is 0.0433. The number of carbonyl (C=O) groups is 1. The molecule has 0 N–H and O–H groups in total. The quantitative estimate of drug-likeness (QED) is 0.267. The van der Waals surface area contributed by atoms with Crippen molar-refractivity contribution in [1.29, 1.82) is 0 Å². The number of ether oxygens (including phenoxy) is 4. The number of nitrogens with zero attached hydrogens (tertiary/aromatic N) is 1. The number of hydrogen-bond acceptors (Lipinski definition) is 5. The van der Waals surface area contributed by atoms with Crippen molar-refractivity contribution in [2.45, 2.75) is 52.2 Å². The SMILES string of the molecule is CCC(=O)N(CCC(c1ccc(OC(C)C)cc1)c1ccccc1OC)Cc1ccc(OC)c(OC)c1. The van der Waals surface area contributed by atoms with Crippen LogP contribution in [0.3, 0.4) is 0 Å². The molecule has 3 aromatic carbocycles. The van der Waals surface area contributed by atoms with Crippen molar-refractivity contribution in [3.05, 3.63) is 83.4 Å². The van der Waals surface area contributed by atoms with E-state index in [1.807, 2.05) is 74.2 Å². The van der Waals surface area contributed by atoms with Crippen LogP contribution in [-0.2, 0) is 11.3 Å². The Bertz CT molecular complexity index is 1140. The molecule has 0 bridgehead atoms. The molecule has 0 aliphatic heterocycles. The molecule has 0 aliphatic carbocycles. The molecule has 6 heteroatoms. The summed E-state index contributed by atoms with van der Waals surface area (Å²) in [5.74, 6) is 3.15. The highest BCUT2D eigenvalue weighted by atomic mass is 16.5. The average molecular weight is 506 g/mol. The lowest BCUT2D eigenvalue weighted by molar-refractivity contribution is -0.131. The third kappa shape index (κ3) is 7.42. The summed E-state index contributed by atoms with van der Waals surface area (Å²) in [4.78, 5) is 14.9. The number of amides is 1. The molecule has 0 aliphatic rings. The highest BCUT2D eigenvalue weighted by Gasteiger charge is 2.22. The Labute approximate surface area is 221 Å². The van der Waals surface area contributed by atoms with Crippen molar-refractivity contribution in [2.75, 3.05) is 27.9 Å². The summed E-state index contributed by atoms with van der Waals surface area (Å²) < 4.78 is 22.4. The molecule has 1 atom stereocenters. The normalized spacial score (nSPS) is 11.6. The van der Waals surface area contributed by atoms with Gasteiger partial charge in [-0.05, 0) is 61.7 Å². The van der Waals surface area contributed by atoms with E-state index in [0.29, 0.717) is 31.0 Å². The molecule has 0 saturated heterocycles. The van der Waals surface area contributed by atoms with E-state index in [9.17, 15) is 4.79 Å². The van der Waals surface area contributed by atoms with Crippen LogP contribution in [0.15, 0.2) is 66.7 Å². The van der Waals surface area contributed by atoms with Gasteiger partial charge in [0.1, 0.15) is 11.5 Å². The summed E-state index contributed by atoms with van der Waals surface area (Å²) in [7, 11) is 4.93. The van der Waals surface area contributed by atoms with E-state index < -0.39 is 0 Å². The molecule has 0 aromatic heterocycles. The molecule has 198 valence electrons. The molecule has 3 aromatic rings. The zero-order chi connectivity index (χ0) is 26.8. The smallest absolute Gasteiger partial charge is 0.222 e. The van der Waals surface area contributed by atoms with Gasteiger partial charge in [0.15, 0.2) is 11.5 Å². The lowest BCUT2D eigenvalue weighted by Crippen LogP contribution is -2.31. The van der Waals surface area contributed by atoms with Crippen molar-refractivity contribution >= 4 is 5.91 Å². The van der Waals surface area contributed by atoms with Crippen molar-refractivity contribution in [3.63, 3.8) is 0 Å². The third-order valence-electron chi connectivity index (χ3n) is 6.33. The topological polar surface area (TPSA) is 57.2 Å². The monoisotopic (exact) mass is 505 g/mol. The molecule has 6 nitrogen and oxygen atoms in total. The Balaban J connectivity index is 1.89. The van der Waals surface area contributed by atoms with Crippen molar-refractivity contribution in [2.24, 2.45) is 0 Å². The van der Waals surface area contributed by atoms with Crippen LogP contribution >= 0.6 is 0 Å². The van der Waals surface area contributed by atoms with Crippen LogP contribution in [0.4, 0.5) is 0 Å². The third-order valence-corrected chi connectivity index (χ3v) is 6.33. The summed E-state index contributed by atoms with van der Waals surface area (Å²) in [6, 6.07) is 22.1. The standard InChI is InChI=1S/C31H39NO5/c1-7-31(33)32(21-23-12-17-29(35-5)30(20-23)36-6)19-18-26(27-10-8-9-11-28(27)34-4)24-13-15-25(16-14-24)37-22(2)3/h8-17,20,22,26H,7,18-19,21H2,1-6H3. The van der Waals surface area contributed by atoms with E-state index in [4.69, 9.17) is 18.9 Å². The summed E-state index contributed by atoms with van der Waals surface area (Å²) >= 11 is 0. The Morgan fingerprint density at radius 3 is 2.14 bits per heavy atom. The van der Waals surface area contributed by atoms with Gasteiger partial charge in [-0.1, -0.05) is 43.3 Å². The molecule has 1 amide bonds. The van der Waals surface area contributed by atoms with Gasteiger partial charge in [0.25, 0.3) is 0 Å². The Kier molecular flexibility index (Phi) is 10.2. The molecule has 0 heterocycles. The minimum absolute atomic E-state index is 0.0433. The summed E-state index contributed by atoms with van der Waals surface area (Å²) in [6.45, 7) is 7.02. The van der Waals surface area contributed by atoms with Crippen LogP contribution in [0, 0.1) is 0 Å². The molecule has 37 heavy (non-hydrogen) atoms. The van der Waals surface area contributed by atoms with Gasteiger partial charge in [-0.2, -0.15) is 0 Å². The molecule has 0 fully saturated rings. The van der Waals surface area contributed by atoms with E-state index in [1.54, 1.807) is 21.3 Å². The van der Waals surface area contributed by atoms with E-state index in [0.717, 1.165) is 34.6 Å². The van der Waals surface area contributed by atoms with Gasteiger partial charge in [-0.3, -0.25) is 4.79 Å². The fraction of sp³-hybridized carbons (Fsp3) is 0.387. The van der Waals surface area contributed by atoms with Crippen molar-refractivity contribution < 1.29 is 23.7 Å². The summed E-state index contributed by atoms with van der Waals surface area (Å²) in [5, 5.41) is 0. The molecule has 0 radical (unpaired) electrons. The highest BCUT2D eigenvalue weighted by molar-refractivity contribution is 5.75. The van der Waals surface area contributed by atoms with Gasteiger partial charge < -0.3 is 23.8 Å². The van der Waals surface area contributed by atoms with Gasteiger partial charge in [0.05, 0.1) is 27.4 Å². The van der Waals surface area contributed by atoms with E-state index in [-0.39, 0.29) is 17.9 Å². The van der Waals surface area contributed by atoms with E-state index >= 15 is 0 Å². The van der Waals surface area contributed by atoms with Crippen molar-refractivity contribution in [3.8, 4) is 23.0 Å². The zero-order valence-corrected chi connectivity index (χ0v) is 22.8. The number of hydrogen-bond donors (Lipinski definition) is 0. The lowest BCUT2D eigenvalue weighted by Gasteiger charge is -2.27. The average Bonchev–Trinajstić information content (AvgIpc) is 2.92. The maximum atomic E-state index is 13.0. The van der Waals surface area contributed by atoms with Gasteiger partial charge in [-0.15, -0.1) is 0 Å². The lowest BCUT2D eigenvalue weighted by atomic mass is 9.87. The second kappa shape index (κ2) is 13.6. The maximum absolute atomic E-state index is 13.0. The Hall–Kier alpha value is -3.67. The highest BCUT2D eigenvalue weighted by Crippen LogP contribution is 2.36. The van der Waals surface area contributed by atoms with Gasteiger partial charge >= 0.3 is 0 Å².